The molecule has 2 aromatic rings. The first-order valence-electron chi connectivity index (χ1n) is 9.72. The van der Waals surface area contributed by atoms with Crippen molar-refractivity contribution in [3.8, 4) is 0 Å². The van der Waals surface area contributed by atoms with Crippen molar-refractivity contribution in [3.05, 3.63) is 70.3 Å². The highest BCUT2D eigenvalue weighted by Gasteiger charge is 2.14. The number of nitrogens with one attached hydrogen (secondary N) is 1. The summed E-state index contributed by atoms with van der Waals surface area (Å²) in [6.45, 7) is 9.59. The van der Waals surface area contributed by atoms with Crippen LogP contribution in [0.3, 0.4) is 0 Å². The molecule has 3 nitrogen and oxygen atoms in total. The lowest BCUT2D eigenvalue weighted by Crippen LogP contribution is -2.29. The first kappa shape index (κ1) is 18.7. The molecule has 0 saturated carbocycles. The predicted molar refractivity (Wildman–Crippen MR) is 107 cm³/mol. The molecule has 26 heavy (non-hydrogen) atoms. The van der Waals surface area contributed by atoms with Crippen LogP contribution in [0.2, 0.25) is 0 Å². The van der Waals surface area contributed by atoms with Gasteiger partial charge in [-0.2, -0.15) is 0 Å². The zero-order valence-corrected chi connectivity index (χ0v) is 16.2. The second kappa shape index (κ2) is 8.50. The van der Waals surface area contributed by atoms with E-state index in [-0.39, 0.29) is 11.9 Å². The van der Waals surface area contributed by atoms with E-state index < -0.39 is 0 Å². The van der Waals surface area contributed by atoms with Crippen molar-refractivity contribution in [2.24, 2.45) is 0 Å². The molecule has 1 atom stereocenters. The summed E-state index contributed by atoms with van der Waals surface area (Å²) in [7, 11) is 0. The summed E-state index contributed by atoms with van der Waals surface area (Å²) in [6, 6.07) is 14.4. The Morgan fingerprint density at radius 2 is 1.73 bits per heavy atom. The van der Waals surface area contributed by atoms with Crippen molar-refractivity contribution >= 4 is 5.91 Å². The molecule has 1 N–H and O–H groups in total. The second-order valence-electron chi connectivity index (χ2n) is 7.59. The molecule has 1 aliphatic rings. The average Bonchev–Trinajstić information content (AvgIpc) is 2.65. The Morgan fingerprint density at radius 1 is 1.04 bits per heavy atom. The molecule has 0 bridgehead atoms. The van der Waals surface area contributed by atoms with Gasteiger partial charge in [-0.1, -0.05) is 42.3 Å². The minimum atomic E-state index is -0.0112. The number of benzene rings is 2. The smallest absolute Gasteiger partial charge is 0.251 e. The van der Waals surface area contributed by atoms with Gasteiger partial charge in [-0.3, -0.25) is 9.69 Å². The van der Waals surface area contributed by atoms with E-state index >= 15 is 0 Å². The number of carbonyl (C=O) groups excluding carboxylic acids is 1. The number of likely N-dealkylation sites (tertiary alicyclic amines) is 1. The lowest BCUT2D eigenvalue weighted by Gasteiger charge is -2.26. The first-order valence-corrected chi connectivity index (χ1v) is 9.72. The summed E-state index contributed by atoms with van der Waals surface area (Å²) in [5.41, 5.74) is 5.62. The summed E-state index contributed by atoms with van der Waals surface area (Å²) in [5, 5.41) is 3.13. The zero-order valence-electron chi connectivity index (χ0n) is 16.2. The third kappa shape index (κ3) is 4.73. The minimum absolute atomic E-state index is 0.00423. The third-order valence-electron chi connectivity index (χ3n) is 5.32. The van der Waals surface area contributed by atoms with Crippen molar-refractivity contribution < 1.29 is 4.79 Å². The maximum Gasteiger partial charge on any atom is 0.251 e. The molecule has 0 aromatic heterocycles. The molecule has 2 aromatic carbocycles. The van der Waals surface area contributed by atoms with Crippen LogP contribution in [-0.2, 0) is 6.54 Å². The molecule has 3 heteroatoms. The molecule has 3 rings (SSSR count). The van der Waals surface area contributed by atoms with E-state index in [0.717, 1.165) is 12.1 Å². The lowest BCUT2D eigenvalue weighted by molar-refractivity contribution is 0.0940. The van der Waals surface area contributed by atoms with Gasteiger partial charge in [-0.25, -0.2) is 0 Å². The number of hydrogen-bond acceptors (Lipinski definition) is 2. The van der Waals surface area contributed by atoms with Crippen molar-refractivity contribution in [1.29, 1.82) is 0 Å². The standard InChI is InChI=1S/C23H30N2O/c1-17-7-8-18(2)22(15-17)19(3)24-23(26)21-11-9-20(10-12-21)16-25-13-5-4-6-14-25/h7-12,15,19H,4-6,13-14,16H2,1-3H3,(H,24,26)/t19-/m0/s1. The average molecular weight is 351 g/mol. The van der Waals surface area contributed by atoms with Crippen LogP contribution < -0.4 is 5.32 Å². The number of rotatable bonds is 5. The number of carbonyl (C=O) groups is 1. The van der Waals surface area contributed by atoms with Gasteiger partial charge in [0.15, 0.2) is 0 Å². The van der Waals surface area contributed by atoms with E-state index in [1.54, 1.807) is 0 Å². The van der Waals surface area contributed by atoms with Crippen LogP contribution in [0.4, 0.5) is 0 Å². The Labute approximate surface area is 157 Å². The Kier molecular flexibility index (Phi) is 6.10. The number of piperidine rings is 1. The van der Waals surface area contributed by atoms with Gasteiger partial charge in [0.1, 0.15) is 0 Å². The van der Waals surface area contributed by atoms with E-state index in [1.807, 2.05) is 19.1 Å². The van der Waals surface area contributed by atoms with Crippen molar-refractivity contribution in [1.82, 2.24) is 10.2 Å². The number of aryl methyl sites for hydroxylation is 2. The molecule has 0 spiro atoms. The maximum absolute atomic E-state index is 12.6. The first-order chi connectivity index (χ1) is 12.5. The Balaban J connectivity index is 1.61. The van der Waals surface area contributed by atoms with Crippen LogP contribution in [0, 0.1) is 13.8 Å². The summed E-state index contributed by atoms with van der Waals surface area (Å²) in [6.07, 6.45) is 3.96. The van der Waals surface area contributed by atoms with Gasteiger partial charge >= 0.3 is 0 Å². The lowest BCUT2D eigenvalue weighted by atomic mass is 9.99. The van der Waals surface area contributed by atoms with E-state index in [4.69, 9.17) is 0 Å². The van der Waals surface area contributed by atoms with Crippen molar-refractivity contribution in [2.75, 3.05) is 13.1 Å². The Bertz CT molecular complexity index is 745. The number of hydrogen-bond donors (Lipinski definition) is 1. The molecule has 0 radical (unpaired) electrons. The highest BCUT2D eigenvalue weighted by atomic mass is 16.1. The van der Waals surface area contributed by atoms with Crippen LogP contribution >= 0.6 is 0 Å². The quantitative estimate of drug-likeness (QED) is 0.841. The van der Waals surface area contributed by atoms with Gasteiger partial charge in [0, 0.05) is 12.1 Å². The fourth-order valence-electron chi connectivity index (χ4n) is 3.72. The van der Waals surface area contributed by atoms with E-state index in [9.17, 15) is 4.79 Å². The van der Waals surface area contributed by atoms with Gasteiger partial charge in [0.25, 0.3) is 5.91 Å². The second-order valence-corrected chi connectivity index (χ2v) is 7.59. The zero-order chi connectivity index (χ0) is 18.5. The molecule has 1 heterocycles. The summed E-state index contributed by atoms with van der Waals surface area (Å²) >= 11 is 0. The van der Waals surface area contributed by atoms with Crippen LogP contribution in [0.15, 0.2) is 42.5 Å². The number of nitrogens with zero attached hydrogens (tertiary/aromatic N) is 1. The largest absolute Gasteiger partial charge is 0.346 e. The van der Waals surface area contributed by atoms with Crippen molar-refractivity contribution in [3.63, 3.8) is 0 Å². The van der Waals surface area contributed by atoms with E-state index in [1.165, 1.54) is 54.6 Å². The molecule has 1 saturated heterocycles. The monoisotopic (exact) mass is 350 g/mol. The normalized spacial score (nSPS) is 16.3. The maximum atomic E-state index is 12.6. The van der Waals surface area contributed by atoms with Crippen LogP contribution in [0.25, 0.3) is 0 Å². The predicted octanol–water partition coefficient (Wildman–Crippen LogP) is 4.78. The molecule has 0 unspecified atom stereocenters. The van der Waals surface area contributed by atoms with Gasteiger partial charge in [-0.15, -0.1) is 0 Å². The third-order valence-corrected chi connectivity index (χ3v) is 5.32. The highest BCUT2D eigenvalue weighted by Crippen LogP contribution is 2.20. The fraction of sp³-hybridized carbons (Fsp3) is 0.435. The van der Waals surface area contributed by atoms with E-state index in [2.05, 4.69) is 54.4 Å². The van der Waals surface area contributed by atoms with Gasteiger partial charge in [0.05, 0.1) is 6.04 Å². The van der Waals surface area contributed by atoms with Gasteiger partial charge in [-0.05, 0) is 75.5 Å². The molecule has 1 fully saturated rings. The summed E-state index contributed by atoms with van der Waals surface area (Å²) in [5.74, 6) is -0.0112. The molecular formula is C23H30N2O. The Morgan fingerprint density at radius 3 is 2.42 bits per heavy atom. The molecule has 1 amide bonds. The molecule has 1 aliphatic heterocycles. The van der Waals surface area contributed by atoms with E-state index in [0.29, 0.717) is 0 Å². The SMILES string of the molecule is Cc1ccc(C)c([C@H](C)NC(=O)c2ccc(CN3CCCCC3)cc2)c1. The van der Waals surface area contributed by atoms with Crippen LogP contribution in [0.5, 0.6) is 0 Å². The van der Waals surface area contributed by atoms with Gasteiger partial charge < -0.3 is 5.32 Å². The Hall–Kier alpha value is -2.13. The fourth-order valence-corrected chi connectivity index (χ4v) is 3.72. The number of amides is 1. The highest BCUT2D eigenvalue weighted by molar-refractivity contribution is 5.94. The summed E-state index contributed by atoms with van der Waals surface area (Å²) < 4.78 is 0. The minimum Gasteiger partial charge on any atom is -0.346 e. The van der Waals surface area contributed by atoms with Crippen LogP contribution in [0.1, 0.15) is 64.8 Å². The molecular weight excluding hydrogens is 320 g/mol. The van der Waals surface area contributed by atoms with Crippen molar-refractivity contribution in [2.45, 2.75) is 52.6 Å². The topological polar surface area (TPSA) is 32.3 Å². The molecule has 138 valence electrons. The summed E-state index contributed by atoms with van der Waals surface area (Å²) in [4.78, 5) is 15.1. The van der Waals surface area contributed by atoms with Gasteiger partial charge in [0.2, 0.25) is 0 Å². The molecule has 0 aliphatic carbocycles. The van der Waals surface area contributed by atoms with Crippen LogP contribution in [-0.4, -0.2) is 23.9 Å².